The number of aryl methyl sites for hydroxylation is 1. The first-order valence-corrected chi connectivity index (χ1v) is 6.15. The first-order chi connectivity index (χ1) is 8.65. The third kappa shape index (κ3) is 1.61. The summed E-state index contributed by atoms with van der Waals surface area (Å²) in [6, 6.07) is 2.10. The number of nitrogens with zero attached hydrogens (tertiary/aromatic N) is 4. The molecule has 0 aliphatic rings. The Morgan fingerprint density at radius 3 is 2.72 bits per heavy atom. The molecule has 0 fully saturated rings. The van der Waals surface area contributed by atoms with Gasteiger partial charge in [-0.25, -0.2) is 0 Å². The van der Waals surface area contributed by atoms with Gasteiger partial charge in [-0.15, -0.1) is 0 Å². The van der Waals surface area contributed by atoms with Crippen LogP contribution in [0, 0.1) is 18.3 Å². The number of rotatable bonds is 3. The third-order valence-corrected chi connectivity index (χ3v) is 3.21. The predicted molar refractivity (Wildman–Crippen MR) is 68.6 cm³/mol. The van der Waals surface area contributed by atoms with Gasteiger partial charge in [0.1, 0.15) is 11.6 Å². The van der Waals surface area contributed by atoms with Crippen molar-refractivity contribution in [2.45, 2.75) is 40.2 Å². The van der Waals surface area contributed by atoms with E-state index in [0.29, 0.717) is 17.6 Å². The molecule has 2 heterocycles. The van der Waals surface area contributed by atoms with Crippen LogP contribution in [-0.4, -0.2) is 14.2 Å². The number of nitriles is 1. The first kappa shape index (κ1) is 12.4. The highest BCUT2D eigenvalue weighted by atomic mass is 16.1. The van der Waals surface area contributed by atoms with Crippen molar-refractivity contribution in [2.75, 3.05) is 0 Å². The zero-order valence-corrected chi connectivity index (χ0v) is 10.9. The Kier molecular flexibility index (Phi) is 3.19. The fraction of sp³-hybridized carbons (Fsp3) is 0.462. The number of aromatic nitrogens is 3. The fourth-order valence-electron chi connectivity index (χ4n) is 2.34. The summed E-state index contributed by atoms with van der Waals surface area (Å²) in [5.41, 5.74) is 2.65. The molecule has 0 aromatic carbocycles. The quantitative estimate of drug-likeness (QED) is 0.824. The molecular weight excluding hydrogens is 228 g/mol. The van der Waals surface area contributed by atoms with Crippen molar-refractivity contribution in [1.82, 2.24) is 14.2 Å². The first-order valence-electron chi connectivity index (χ1n) is 6.15. The molecule has 0 amide bonds. The molecule has 0 radical (unpaired) electrons. The van der Waals surface area contributed by atoms with Crippen molar-refractivity contribution >= 4 is 5.65 Å². The van der Waals surface area contributed by atoms with Crippen molar-refractivity contribution in [1.29, 1.82) is 5.26 Å². The summed E-state index contributed by atoms with van der Waals surface area (Å²) in [6.07, 6.45) is 3.08. The fourth-order valence-corrected chi connectivity index (χ4v) is 2.34. The molecular formula is C13H16N4O. The molecule has 18 heavy (non-hydrogen) atoms. The molecule has 0 spiro atoms. The Bertz CT molecular complexity index is 688. The number of hydrogen-bond donors (Lipinski definition) is 0. The normalized spacial score (nSPS) is 10.8. The summed E-state index contributed by atoms with van der Waals surface area (Å²) in [4.78, 5) is 12.2. The Labute approximate surface area is 105 Å². The lowest BCUT2D eigenvalue weighted by Crippen LogP contribution is -2.25. The van der Waals surface area contributed by atoms with E-state index in [1.165, 1.54) is 10.7 Å². The van der Waals surface area contributed by atoms with Gasteiger partial charge in [0, 0.05) is 17.8 Å². The van der Waals surface area contributed by atoms with E-state index in [1.54, 1.807) is 0 Å². The van der Waals surface area contributed by atoms with Crippen LogP contribution in [0.1, 0.15) is 37.1 Å². The standard InChI is InChI=1S/C13H16N4O/c1-4-6-16-9(3)11(5-2)13(18)17-12(16)10(7-14)8-15-17/h8H,4-6H2,1-3H3. The Hall–Kier alpha value is -2.09. The largest absolute Gasteiger partial charge is 0.329 e. The van der Waals surface area contributed by atoms with Gasteiger partial charge in [-0.2, -0.15) is 14.9 Å². The molecule has 0 atom stereocenters. The molecule has 0 saturated heterocycles. The van der Waals surface area contributed by atoms with Gasteiger partial charge in [0.15, 0.2) is 5.65 Å². The van der Waals surface area contributed by atoms with Crippen molar-refractivity contribution in [3.63, 3.8) is 0 Å². The van der Waals surface area contributed by atoms with Gasteiger partial charge in [0.05, 0.1) is 6.20 Å². The van der Waals surface area contributed by atoms with Crippen LogP contribution in [0.15, 0.2) is 11.0 Å². The maximum absolute atomic E-state index is 12.2. The Balaban J connectivity index is 2.97. The van der Waals surface area contributed by atoms with Gasteiger partial charge in [-0.05, 0) is 19.8 Å². The Morgan fingerprint density at radius 2 is 2.17 bits per heavy atom. The lowest BCUT2D eigenvalue weighted by Gasteiger charge is -2.15. The summed E-state index contributed by atoms with van der Waals surface area (Å²) >= 11 is 0. The number of fused-ring (bicyclic) bond motifs is 1. The third-order valence-electron chi connectivity index (χ3n) is 3.21. The maximum atomic E-state index is 12.2. The molecule has 0 saturated carbocycles. The summed E-state index contributed by atoms with van der Waals surface area (Å²) in [5, 5.41) is 13.1. The zero-order valence-electron chi connectivity index (χ0n) is 10.9. The van der Waals surface area contributed by atoms with E-state index < -0.39 is 0 Å². The summed E-state index contributed by atoms with van der Waals surface area (Å²) in [7, 11) is 0. The minimum absolute atomic E-state index is 0.112. The highest BCUT2D eigenvalue weighted by molar-refractivity contribution is 5.56. The van der Waals surface area contributed by atoms with Crippen LogP contribution in [0.25, 0.3) is 5.65 Å². The predicted octanol–water partition coefficient (Wildman–Crippen LogP) is 1.65. The molecule has 0 bridgehead atoms. The van der Waals surface area contributed by atoms with E-state index >= 15 is 0 Å². The summed E-state index contributed by atoms with van der Waals surface area (Å²) in [6.45, 7) is 6.75. The van der Waals surface area contributed by atoms with Crippen molar-refractivity contribution in [3.8, 4) is 6.07 Å². The van der Waals surface area contributed by atoms with Gasteiger partial charge < -0.3 is 4.57 Å². The van der Waals surface area contributed by atoms with Crippen LogP contribution in [0.2, 0.25) is 0 Å². The topological polar surface area (TPSA) is 63.1 Å². The molecule has 2 aromatic rings. The highest BCUT2D eigenvalue weighted by Gasteiger charge is 2.16. The lowest BCUT2D eigenvalue weighted by atomic mass is 10.1. The summed E-state index contributed by atoms with van der Waals surface area (Å²) in [5.74, 6) is 0. The van der Waals surface area contributed by atoms with Crippen molar-refractivity contribution < 1.29 is 0 Å². The van der Waals surface area contributed by atoms with E-state index in [0.717, 1.165) is 24.2 Å². The second-order valence-corrected chi connectivity index (χ2v) is 4.28. The van der Waals surface area contributed by atoms with E-state index in [9.17, 15) is 4.79 Å². The van der Waals surface area contributed by atoms with E-state index in [-0.39, 0.29) is 5.56 Å². The van der Waals surface area contributed by atoms with Gasteiger partial charge in [-0.1, -0.05) is 13.8 Å². The van der Waals surface area contributed by atoms with Crippen molar-refractivity contribution in [2.24, 2.45) is 0 Å². The number of hydrogen-bond acceptors (Lipinski definition) is 3. The van der Waals surface area contributed by atoms with E-state index in [4.69, 9.17) is 5.26 Å². The molecule has 0 N–H and O–H groups in total. The van der Waals surface area contributed by atoms with Crippen LogP contribution in [0.4, 0.5) is 0 Å². The monoisotopic (exact) mass is 244 g/mol. The SMILES string of the molecule is CCCn1c(C)c(CC)c(=O)n2ncc(C#N)c12. The molecule has 0 unspecified atom stereocenters. The van der Waals surface area contributed by atoms with Gasteiger partial charge >= 0.3 is 0 Å². The second kappa shape index (κ2) is 4.65. The molecule has 5 heteroatoms. The molecule has 0 aliphatic carbocycles. The molecule has 94 valence electrons. The van der Waals surface area contributed by atoms with Crippen LogP contribution in [0.5, 0.6) is 0 Å². The van der Waals surface area contributed by atoms with Crippen LogP contribution in [-0.2, 0) is 13.0 Å². The molecule has 2 aromatic heterocycles. The van der Waals surface area contributed by atoms with Crippen LogP contribution < -0.4 is 5.56 Å². The van der Waals surface area contributed by atoms with Gasteiger partial charge in [-0.3, -0.25) is 4.79 Å². The Morgan fingerprint density at radius 1 is 1.44 bits per heavy atom. The minimum atomic E-state index is -0.112. The minimum Gasteiger partial charge on any atom is -0.329 e. The van der Waals surface area contributed by atoms with Crippen LogP contribution in [0.3, 0.4) is 0 Å². The molecule has 2 rings (SSSR count). The lowest BCUT2D eigenvalue weighted by molar-refractivity contribution is 0.643. The van der Waals surface area contributed by atoms with Crippen LogP contribution >= 0.6 is 0 Å². The zero-order chi connectivity index (χ0) is 13.3. The highest BCUT2D eigenvalue weighted by Crippen LogP contribution is 2.14. The average Bonchev–Trinajstić information content (AvgIpc) is 2.79. The maximum Gasteiger partial charge on any atom is 0.277 e. The molecule has 5 nitrogen and oxygen atoms in total. The van der Waals surface area contributed by atoms with Gasteiger partial charge in [0.2, 0.25) is 0 Å². The van der Waals surface area contributed by atoms with E-state index in [2.05, 4.69) is 18.1 Å². The van der Waals surface area contributed by atoms with Gasteiger partial charge in [0.25, 0.3) is 5.56 Å². The van der Waals surface area contributed by atoms with E-state index in [1.807, 2.05) is 18.4 Å². The molecule has 0 aliphatic heterocycles. The average molecular weight is 244 g/mol. The van der Waals surface area contributed by atoms with Crippen molar-refractivity contribution in [3.05, 3.63) is 33.4 Å². The summed E-state index contributed by atoms with van der Waals surface area (Å²) < 4.78 is 3.37. The smallest absolute Gasteiger partial charge is 0.277 e. The second-order valence-electron chi connectivity index (χ2n) is 4.28.